The number of thiol groups is 2. The molecule has 5 aromatic rings. The lowest BCUT2D eigenvalue weighted by molar-refractivity contribution is 0.583. The predicted molar refractivity (Wildman–Crippen MR) is 144 cm³/mol. The summed E-state index contributed by atoms with van der Waals surface area (Å²) in [5, 5.41) is 0. The molecule has 34 heavy (non-hydrogen) atoms. The van der Waals surface area contributed by atoms with Crippen molar-refractivity contribution in [3.63, 3.8) is 0 Å². The van der Waals surface area contributed by atoms with Crippen LogP contribution in [-0.4, -0.2) is 9.97 Å². The van der Waals surface area contributed by atoms with E-state index in [4.69, 9.17) is 31.4 Å². The van der Waals surface area contributed by atoms with E-state index in [1.165, 1.54) is 11.1 Å². The Morgan fingerprint density at radius 1 is 0.735 bits per heavy atom. The molecule has 174 valence electrons. The number of aryl methyl sites for hydroxylation is 1. The van der Waals surface area contributed by atoms with Crippen LogP contribution in [0.5, 0.6) is 0 Å². The van der Waals surface area contributed by atoms with Crippen molar-refractivity contribution in [1.29, 1.82) is 0 Å². The maximum atomic E-state index is 6.09. The van der Waals surface area contributed by atoms with Gasteiger partial charge in [-0.3, -0.25) is 0 Å². The summed E-state index contributed by atoms with van der Waals surface area (Å²) in [4.78, 5) is 11.3. The fraction of sp³-hybridized carbons (Fsp3) is 0.286. The fourth-order valence-electron chi connectivity index (χ4n) is 4.11. The number of nitrogens with zero attached hydrogens (tertiary/aromatic N) is 2. The van der Waals surface area contributed by atoms with E-state index < -0.39 is 0 Å². The predicted octanol–water partition coefficient (Wildman–Crippen LogP) is 8.59. The smallest absolute Gasteiger partial charge is 0.227 e. The van der Waals surface area contributed by atoms with Crippen molar-refractivity contribution in [3.8, 4) is 22.9 Å². The van der Waals surface area contributed by atoms with Gasteiger partial charge in [0.25, 0.3) is 0 Å². The molecule has 0 fully saturated rings. The van der Waals surface area contributed by atoms with Gasteiger partial charge in [0, 0.05) is 27.0 Å². The van der Waals surface area contributed by atoms with Crippen LogP contribution in [0.3, 0.4) is 0 Å². The minimum Gasteiger partial charge on any atom is -0.436 e. The van der Waals surface area contributed by atoms with Crippen LogP contribution in [0, 0.1) is 5.92 Å². The summed E-state index contributed by atoms with van der Waals surface area (Å²) >= 11 is 9.34. The van der Waals surface area contributed by atoms with Gasteiger partial charge < -0.3 is 8.83 Å². The van der Waals surface area contributed by atoms with Gasteiger partial charge in [-0.15, -0.1) is 25.3 Å². The molecular formula is C28H28N2O2S2. The average molecular weight is 489 g/mol. The van der Waals surface area contributed by atoms with Crippen molar-refractivity contribution >= 4 is 47.5 Å². The van der Waals surface area contributed by atoms with Crippen LogP contribution in [-0.2, 0) is 6.42 Å². The summed E-state index contributed by atoms with van der Waals surface area (Å²) in [7, 11) is 0. The maximum absolute atomic E-state index is 6.09. The second-order valence-corrected chi connectivity index (χ2v) is 10.5. The lowest BCUT2D eigenvalue weighted by atomic mass is 10.0. The number of aromatic nitrogens is 2. The van der Waals surface area contributed by atoms with E-state index in [0.29, 0.717) is 34.8 Å². The highest BCUT2D eigenvalue weighted by Gasteiger charge is 2.16. The molecule has 0 saturated heterocycles. The summed E-state index contributed by atoms with van der Waals surface area (Å²) in [6.45, 7) is 8.78. The highest BCUT2D eigenvalue weighted by molar-refractivity contribution is 7.80. The maximum Gasteiger partial charge on any atom is 0.227 e. The van der Waals surface area contributed by atoms with Gasteiger partial charge in [0.2, 0.25) is 11.8 Å². The second-order valence-electron chi connectivity index (χ2n) is 9.53. The minimum absolute atomic E-state index is 0.409. The van der Waals surface area contributed by atoms with E-state index in [9.17, 15) is 0 Å². The molecular weight excluding hydrogens is 460 g/mol. The summed E-state index contributed by atoms with van der Waals surface area (Å²) in [5.74, 6) is 2.20. The van der Waals surface area contributed by atoms with Crippen molar-refractivity contribution in [2.24, 2.45) is 5.92 Å². The number of oxazole rings is 2. The first-order valence-electron chi connectivity index (χ1n) is 11.6. The Kier molecular flexibility index (Phi) is 6.21. The molecule has 0 spiro atoms. The summed E-state index contributed by atoms with van der Waals surface area (Å²) < 4.78 is 12.2. The third-order valence-corrected chi connectivity index (χ3v) is 6.92. The summed E-state index contributed by atoms with van der Waals surface area (Å²) in [6, 6.07) is 16.1. The highest BCUT2D eigenvalue weighted by atomic mass is 32.1. The Bertz CT molecular complexity index is 1450. The molecule has 4 nitrogen and oxygen atoms in total. The third-order valence-electron chi connectivity index (χ3n) is 6.12. The monoisotopic (exact) mass is 488 g/mol. The van der Waals surface area contributed by atoms with Crippen molar-refractivity contribution in [2.45, 2.75) is 56.2 Å². The molecule has 2 aromatic heterocycles. The van der Waals surface area contributed by atoms with Crippen LogP contribution in [0.15, 0.2) is 67.2 Å². The Balaban J connectivity index is 1.46. The Morgan fingerprint density at radius 3 is 1.85 bits per heavy atom. The van der Waals surface area contributed by atoms with Gasteiger partial charge in [0.15, 0.2) is 11.2 Å². The molecule has 0 saturated carbocycles. The number of hydrogen-bond donors (Lipinski definition) is 2. The molecule has 0 aliphatic rings. The van der Waals surface area contributed by atoms with Crippen molar-refractivity contribution < 1.29 is 8.83 Å². The quantitative estimate of drug-likeness (QED) is 0.235. The molecule has 5 rings (SSSR count). The summed E-state index contributed by atoms with van der Waals surface area (Å²) in [5.41, 5.74) is 7.08. The van der Waals surface area contributed by atoms with Gasteiger partial charge in [-0.25, -0.2) is 9.97 Å². The molecule has 6 heteroatoms. The van der Waals surface area contributed by atoms with E-state index in [2.05, 4.69) is 58.5 Å². The second kappa shape index (κ2) is 9.16. The Morgan fingerprint density at radius 2 is 1.32 bits per heavy atom. The molecule has 0 amide bonds. The first-order valence-corrected chi connectivity index (χ1v) is 12.5. The highest BCUT2D eigenvalue weighted by Crippen LogP contribution is 2.33. The first-order chi connectivity index (χ1) is 16.3. The SMILES string of the molecule is CC(C)CCc1ccc(-c2nc3cc4nc(-c5ccc(C(C)C)c(S)c5)oc4cc3o2)cc1S. The molecule has 0 aliphatic carbocycles. The minimum atomic E-state index is 0.409. The average Bonchev–Trinajstić information content (AvgIpc) is 3.39. The molecule has 0 N–H and O–H groups in total. The molecule has 0 radical (unpaired) electrons. The van der Waals surface area contributed by atoms with Gasteiger partial charge >= 0.3 is 0 Å². The first kappa shape index (κ1) is 23.1. The van der Waals surface area contributed by atoms with Crippen LogP contribution in [0.1, 0.15) is 51.2 Å². The van der Waals surface area contributed by atoms with Crippen molar-refractivity contribution in [1.82, 2.24) is 9.97 Å². The standard InChI is InChI=1S/C28H28N2O2S2/c1-15(2)5-6-17-7-8-18(11-25(17)33)27-29-21-13-22-24(14-23(21)31-27)32-28(30-22)19-9-10-20(16(3)4)26(34)12-19/h7-16,33-34H,5-6H2,1-4H3. The van der Waals surface area contributed by atoms with Crippen molar-refractivity contribution in [3.05, 3.63) is 59.7 Å². The van der Waals surface area contributed by atoms with E-state index in [0.717, 1.165) is 44.8 Å². The Hall–Kier alpha value is -2.70. The lowest BCUT2D eigenvalue weighted by Crippen LogP contribution is -1.93. The molecule has 0 unspecified atom stereocenters. The molecule has 0 bridgehead atoms. The number of fused-ring (bicyclic) bond motifs is 2. The topological polar surface area (TPSA) is 52.1 Å². The van der Waals surface area contributed by atoms with Gasteiger partial charge in [0.1, 0.15) is 11.0 Å². The molecule has 2 heterocycles. The van der Waals surface area contributed by atoms with Crippen molar-refractivity contribution in [2.75, 3.05) is 0 Å². The molecule has 0 aliphatic heterocycles. The Labute approximate surface area is 210 Å². The van der Waals surface area contributed by atoms with Gasteiger partial charge in [-0.05, 0) is 66.1 Å². The lowest BCUT2D eigenvalue weighted by Gasteiger charge is -2.09. The fourth-order valence-corrected chi connectivity index (χ4v) is 4.91. The number of rotatable bonds is 6. The van der Waals surface area contributed by atoms with Crippen LogP contribution in [0.4, 0.5) is 0 Å². The summed E-state index contributed by atoms with van der Waals surface area (Å²) in [6.07, 6.45) is 2.16. The van der Waals surface area contributed by atoms with E-state index in [1.54, 1.807) is 0 Å². The zero-order valence-corrected chi connectivity index (χ0v) is 21.6. The van der Waals surface area contributed by atoms with E-state index in [-0.39, 0.29) is 0 Å². The van der Waals surface area contributed by atoms with E-state index >= 15 is 0 Å². The van der Waals surface area contributed by atoms with E-state index in [1.807, 2.05) is 30.3 Å². The third kappa shape index (κ3) is 4.49. The van der Waals surface area contributed by atoms with Gasteiger partial charge in [-0.1, -0.05) is 39.8 Å². The number of benzene rings is 3. The van der Waals surface area contributed by atoms with Gasteiger partial charge in [-0.2, -0.15) is 0 Å². The normalized spacial score (nSPS) is 12.0. The zero-order chi connectivity index (χ0) is 24.0. The van der Waals surface area contributed by atoms with Crippen LogP contribution < -0.4 is 0 Å². The molecule has 3 aromatic carbocycles. The largest absolute Gasteiger partial charge is 0.436 e. The zero-order valence-electron chi connectivity index (χ0n) is 19.8. The number of hydrogen-bond acceptors (Lipinski definition) is 6. The van der Waals surface area contributed by atoms with Crippen LogP contribution in [0.25, 0.3) is 45.1 Å². The van der Waals surface area contributed by atoms with Crippen LogP contribution in [0.2, 0.25) is 0 Å². The molecule has 0 atom stereocenters. The van der Waals surface area contributed by atoms with Crippen LogP contribution >= 0.6 is 25.3 Å². The van der Waals surface area contributed by atoms with Gasteiger partial charge in [0.05, 0.1) is 0 Å².